The highest BCUT2D eigenvalue weighted by molar-refractivity contribution is 7.45. The van der Waals surface area contributed by atoms with E-state index in [0.717, 1.165) is 38.5 Å². The highest BCUT2D eigenvalue weighted by Crippen LogP contribution is 2.38. The number of unbranched alkanes of at least 4 members (excludes halogenated alkanes) is 25. The number of phosphoric acid groups is 1. The summed E-state index contributed by atoms with van der Waals surface area (Å²) in [6.45, 7) is 4.18. The molecule has 0 saturated carbocycles. The summed E-state index contributed by atoms with van der Waals surface area (Å²) < 4.78 is 33.7. The molecule has 0 aliphatic heterocycles. The van der Waals surface area contributed by atoms with E-state index in [1.807, 2.05) is 21.1 Å². The summed E-state index contributed by atoms with van der Waals surface area (Å²) in [5.41, 5.74) is 0. The van der Waals surface area contributed by atoms with E-state index >= 15 is 0 Å². The lowest BCUT2D eigenvalue weighted by Crippen LogP contribution is -2.37. The molecule has 0 aliphatic carbocycles. The number of rotatable bonds is 39. The molecular weight excluding hydrogens is 665 g/mol. The molecule has 0 aromatic heterocycles. The summed E-state index contributed by atoms with van der Waals surface area (Å²) in [6, 6.07) is 0. The van der Waals surface area contributed by atoms with Crippen LogP contribution < -0.4 is 4.89 Å². The van der Waals surface area contributed by atoms with Gasteiger partial charge in [0.2, 0.25) is 0 Å². The van der Waals surface area contributed by atoms with E-state index in [1.165, 1.54) is 128 Å². The van der Waals surface area contributed by atoms with Crippen LogP contribution in [0.3, 0.4) is 0 Å². The Hall–Kier alpha value is -0.990. The van der Waals surface area contributed by atoms with Crippen molar-refractivity contribution in [2.45, 2.75) is 206 Å². The molecule has 51 heavy (non-hydrogen) atoms. The van der Waals surface area contributed by atoms with E-state index in [2.05, 4.69) is 13.8 Å². The molecule has 0 saturated heterocycles. The molecule has 0 bridgehead atoms. The second-order valence-electron chi connectivity index (χ2n) is 15.7. The molecule has 10 heteroatoms. The minimum Gasteiger partial charge on any atom is -0.756 e. The monoisotopic (exact) mass is 748 g/mol. The highest BCUT2D eigenvalue weighted by Gasteiger charge is 2.21. The Morgan fingerprint density at radius 1 is 0.529 bits per heavy atom. The zero-order valence-electron chi connectivity index (χ0n) is 34.1. The number of phosphoric ester groups is 1. The minimum atomic E-state index is -4.61. The summed E-state index contributed by atoms with van der Waals surface area (Å²) in [5.74, 6) is -0.833. The first-order valence-corrected chi connectivity index (χ1v) is 22.7. The largest absolute Gasteiger partial charge is 0.756 e. The predicted octanol–water partition coefficient (Wildman–Crippen LogP) is 11.0. The van der Waals surface area contributed by atoms with Crippen LogP contribution >= 0.6 is 7.82 Å². The van der Waals surface area contributed by atoms with Crippen LogP contribution in [0.5, 0.6) is 0 Å². The van der Waals surface area contributed by atoms with Gasteiger partial charge in [-0.25, -0.2) is 0 Å². The van der Waals surface area contributed by atoms with E-state index in [0.29, 0.717) is 17.4 Å². The molecule has 0 aromatic rings. The minimum absolute atomic E-state index is 0.0263. The predicted molar refractivity (Wildman–Crippen MR) is 208 cm³/mol. The van der Waals surface area contributed by atoms with Gasteiger partial charge in [-0.3, -0.25) is 14.2 Å². The molecule has 0 amide bonds. The van der Waals surface area contributed by atoms with Gasteiger partial charge in [0, 0.05) is 12.8 Å². The van der Waals surface area contributed by atoms with Crippen LogP contribution in [0.2, 0.25) is 0 Å². The van der Waals surface area contributed by atoms with Crippen molar-refractivity contribution < 1.29 is 42.1 Å². The number of esters is 2. The van der Waals surface area contributed by atoms with Gasteiger partial charge in [-0.05, 0) is 12.8 Å². The van der Waals surface area contributed by atoms with Crippen molar-refractivity contribution >= 4 is 19.8 Å². The number of ether oxygens (including phenoxy) is 2. The summed E-state index contributed by atoms with van der Waals surface area (Å²) in [6.07, 6.45) is 33.1. The van der Waals surface area contributed by atoms with Gasteiger partial charge in [0.1, 0.15) is 19.8 Å². The summed E-state index contributed by atoms with van der Waals surface area (Å²) >= 11 is 0. The fourth-order valence-electron chi connectivity index (χ4n) is 6.01. The van der Waals surface area contributed by atoms with Gasteiger partial charge in [0.05, 0.1) is 27.7 Å². The molecule has 0 spiro atoms. The van der Waals surface area contributed by atoms with Crippen molar-refractivity contribution in [3.63, 3.8) is 0 Å². The smallest absolute Gasteiger partial charge is 0.306 e. The van der Waals surface area contributed by atoms with Gasteiger partial charge in [0.15, 0.2) is 6.10 Å². The average Bonchev–Trinajstić information content (AvgIpc) is 3.07. The molecule has 304 valence electrons. The SMILES string of the molecule is CCCCCCCCCCCCCCCCCCCCCCCC(=O)OC(COC(=O)CCCCCCCC)COP(=O)([O-])OCC[N+](C)(C)C. The molecule has 0 N–H and O–H groups in total. The third-order valence-electron chi connectivity index (χ3n) is 9.38. The van der Waals surface area contributed by atoms with Gasteiger partial charge in [0.25, 0.3) is 7.82 Å². The Kier molecular flexibility index (Phi) is 34.1. The van der Waals surface area contributed by atoms with Crippen LogP contribution in [-0.4, -0.2) is 70.0 Å². The molecule has 2 unspecified atom stereocenters. The van der Waals surface area contributed by atoms with Crippen LogP contribution in [-0.2, 0) is 32.7 Å². The normalized spacial score (nSPS) is 13.6. The summed E-state index contributed by atoms with van der Waals surface area (Å²) in [7, 11) is 1.18. The molecule has 0 rings (SSSR count). The van der Waals surface area contributed by atoms with E-state index in [9.17, 15) is 19.0 Å². The molecule has 0 aromatic carbocycles. The number of carbonyl (C=O) groups excluding carboxylic acids is 2. The third-order valence-corrected chi connectivity index (χ3v) is 10.3. The second kappa shape index (κ2) is 34.8. The van der Waals surface area contributed by atoms with Gasteiger partial charge in [-0.15, -0.1) is 0 Å². The van der Waals surface area contributed by atoms with E-state index < -0.39 is 26.5 Å². The number of carbonyl (C=O) groups is 2. The maximum atomic E-state index is 12.6. The van der Waals surface area contributed by atoms with E-state index in [1.54, 1.807) is 0 Å². The van der Waals surface area contributed by atoms with Crippen LogP contribution in [0, 0.1) is 0 Å². The molecule has 0 fully saturated rings. The fourth-order valence-corrected chi connectivity index (χ4v) is 6.74. The summed E-state index contributed by atoms with van der Waals surface area (Å²) in [5, 5.41) is 0. The topological polar surface area (TPSA) is 111 Å². The summed E-state index contributed by atoms with van der Waals surface area (Å²) in [4.78, 5) is 37.2. The van der Waals surface area contributed by atoms with Gasteiger partial charge < -0.3 is 27.9 Å². The Bertz CT molecular complexity index is 850. The van der Waals surface area contributed by atoms with Crippen molar-refractivity contribution in [1.29, 1.82) is 0 Å². The van der Waals surface area contributed by atoms with Gasteiger partial charge in [-0.2, -0.15) is 0 Å². The van der Waals surface area contributed by atoms with Crippen LogP contribution in [0.15, 0.2) is 0 Å². The Morgan fingerprint density at radius 2 is 0.882 bits per heavy atom. The zero-order valence-corrected chi connectivity index (χ0v) is 35.0. The number of nitrogens with zero attached hydrogens (tertiary/aromatic N) is 1. The fraction of sp³-hybridized carbons (Fsp3) is 0.951. The zero-order chi connectivity index (χ0) is 37.9. The van der Waals surface area contributed by atoms with Gasteiger partial charge in [-0.1, -0.05) is 174 Å². The molecule has 0 aliphatic rings. The molecular formula is C41H82NO8P. The molecule has 0 heterocycles. The van der Waals surface area contributed by atoms with E-state index in [4.69, 9.17) is 18.5 Å². The average molecular weight is 748 g/mol. The highest BCUT2D eigenvalue weighted by atomic mass is 31.2. The first-order valence-electron chi connectivity index (χ1n) is 21.2. The van der Waals surface area contributed by atoms with Crippen molar-refractivity contribution in [2.24, 2.45) is 0 Å². The maximum Gasteiger partial charge on any atom is 0.306 e. The van der Waals surface area contributed by atoms with Crippen LogP contribution in [0.1, 0.15) is 200 Å². The Morgan fingerprint density at radius 3 is 1.25 bits per heavy atom. The molecule has 9 nitrogen and oxygen atoms in total. The third kappa shape index (κ3) is 38.5. The van der Waals surface area contributed by atoms with Crippen molar-refractivity contribution in [3.8, 4) is 0 Å². The van der Waals surface area contributed by atoms with Crippen LogP contribution in [0.4, 0.5) is 0 Å². The number of quaternary nitrogens is 1. The second-order valence-corrected chi connectivity index (χ2v) is 17.1. The first-order chi connectivity index (χ1) is 24.5. The maximum absolute atomic E-state index is 12.6. The van der Waals surface area contributed by atoms with Crippen molar-refractivity contribution in [3.05, 3.63) is 0 Å². The lowest BCUT2D eigenvalue weighted by Gasteiger charge is -2.28. The molecule has 0 radical (unpaired) electrons. The first kappa shape index (κ1) is 50.0. The van der Waals surface area contributed by atoms with Crippen LogP contribution in [0.25, 0.3) is 0 Å². The van der Waals surface area contributed by atoms with Crippen molar-refractivity contribution in [1.82, 2.24) is 0 Å². The standard InChI is InChI=1S/C41H82NO8P/c1-6-8-10-12-14-15-16-17-18-19-20-21-22-23-24-25-26-27-28-30-32-34-41(44)50-39(37-47-40(43)33-31-29-13-11-9-7-2)38-49-51(45,46)48-36-35-42(3,4)5/h39H,6-38H2,1-5H3. The Balaban J connectivity index is 4.12. The quantitative estimate of drug-likeness (QED) is 0.0264. The Labute approximate surface area is 314 Å². The number of likely N-dealkylation sites (N-methyl/N-ethyl adjacent to an activating group) is 1. The van der Waals surface area contributed by atoms with E-state index in [-0.39, 0.29) is 32.0 Å². The lowest BCUT2D eigenvalue weighted by molar-refractivity contribution is -0.870. The number of hydrogen-bond acceptors (Lipinski definition) is 8. The lowest BCUT2D eigenvalue weighted by atomic mass is 10.0. The van der Waals surface area contributed by atoms with Crippen molar-refractivity contribution in [2.75, 3.05) is 47.5 Å². The number of hydrogen-bond donors (Lipinski definition) is 0. The van der Waals surface area contributed by atoms with Gasteiger partial charge >= 0.3 is 11.9 Å². The molecule has 2 atom stereocenters.